The number of nitrogens with one attached hydrogen (secondary N) is 1. The first-order valence-corrected chi connectivity index (χ1v) is 9.83. The number of rotatable bonds is 7. The van der Waals surface area contributed by atoms with Crippen LogP contribution in [0.25, 0.3) is 0 Å². The third kappa shape index (κ3) is 5.34. The molecule has 1 saturated heterocycles. The fourth-order valence-electron chi connectivity index (χ4n) is 3.33. The van der Waals surface area contributed by atoms with Crippen LogP contribution in [0.5, 0.6) is 0 Å². The second-order valence-corrected chi connectivity index (χ2v) is 7.82. The van der Waals surface area contributed by atoms with Crippen LogP contribution in [-0.2, 0) is 9.53 Å². The Morgan fingerprint density at radius 3 is 2.77 bits per heavy atom. The number of anilines is 2. The van der Waals surface area contributed by atoms with Crippen molar-refractivity contribution in [3.8, 4) is 0 Å². The molecule has 6 heteroatoms. The molecule has 2 fully saturated rings. The number of carbonyl (C=O) groups is 1. The van der Waals surface area contributed by atoms with Crippen molar-refractivity contribution in [2.45, 2.75) is 51.2 Å². The van der Waals surface area contributed by atoms with Crippen LogP contribution in [0.2, 0.25) is 0 Å². The van der Waals surface area contributed by atoms with Crippen LogP contribution in [0.1, 0.15) is 39.0 Å². The molecule has 2 atom stereocenters. The number of nitrogens with zero attached hydrogens (tertiary/aromatic N) is 3. The van der Waals surface area contributed by atoms with E-state index < -0.39 is 0 Å². The van der Waals surface area contributed by atoms with E-state index in [4.69, 9.17) is 4.74 Å². The molecule has 0 unspecified atom stereocenters. The normalized spacial score (nSPS) is 21.8. The molecule has 0 aromatic carbocycles. The van der Waals surface area contributed by atoms with Gasteiger partial charge in [0.25, 0.3) is 5.91 Å². The minimum absolute atomic E-state index is 0.142. The van der Waals surface area contributed by atoms with Crippen LogP contribution in [0, 0.1) is 5.92 Å². The Kier molecular flexibility index (Phi) is 6.35. The van der Waals surface area contributed by atoms with Gasteiger partial charge in [0.2, 0.25) is 0 Å². The average molecular weight is 361 g/mol. The zero-order valence-electron chi connectivity index (χ0n) is 16.3. The first-order valence-electron chi connectivity index (χ1n) is 9.83. The highest BCUT2D eigenvalue weighted by atomic mass is 16.5. The molecule has 1 N–H and O–H groups in total. The van der Waals surface area contributed by atoms with Gasteiger partial charge in [-0.05, 0) is 57.1 Å². The van der Waals surface area contributed by atoms with E-state index in [2.05, 4.69) is 16.4 Å². The molecule has 0 bridgehead atoms. The lowest BCUT2D eigenvalue weighted by Gasteiger charge is -2.24. The van der Waals surface area contributed by atoms with Crippen LogP contribution in [0.4, 0.5) is 11.5 Å². The number of pyridine rings is 1. The topological polar surface area (TPSA) is 57.7 Å². The first kappa shape index (κ1) is 19.0. The van der Waals surface area contributed by atoms with E-state index in [9.17, 15) is 4.79 Å². The van der Waals surface area contributed by atoms with E-state index in [0.29, 0.717) is 12.0 Å². The smallest absolute Gasteiger partial charge is 0.251 e. The molecule has 1 aromatic heterocycles. The summed E-state index contributed by atoms with van der Waals surface area (Å²) in [5, 5.41) is 3.57. The summed E-state index contributed by atoms with van der Waals surface area (Å²) < 4.78 is 5.76. The quantitative estimate of drug-likeness (QED) is 0.810. The van der Waals surface area contributed by atoms with Gasteiger partial charge < -0.3 is 19.9 Å². The van der Waals surface area contributed by atoms with Gasteiger partial charge in [-0.3, -0.25) is 4.79 Å². The van der Waals surface area contributed by atoms with E-state index in [1.807, 2.05) is 43.1 Å². The Balaban J connectivity index is 1.46. The van der Waals surface area contributed by atoms with Crippen molar-refractivity contribution in [2.24, 2.45) is 5.92 Å². The molecular weight excluding hydrogens is 328 g/mol. The SMILES string of the molecule is C[C@H](OCC1CC1)C(=O)N1CCC[C@H](Nc2ccc(N(C)C)nc2)CC1. The maximum absolute atomic E-state index is 12.6. The lowest BCUT2D eigenvalue weighted by atomic mass is 10.1. The minimum Gasteiger partial charge on any atom is -0.381 e. The summed E-state index contributed by atoms with van der Waals surface area (Å²) in [6.07, 6.45) is 7.11. The highest BCUT2D eigenvalue weighted by molar-refractivity contribution is 5.80. The van der Waals surface area contributed by atoms with E-state index in [-0.39, 0.29) is 12.0 Å². The largest absolute Gasteiger partial charge is 0.381 e. The van der Waals surface area contributed by atoms with Crippen molar-refractivity contribution < 1.29 is 9.53 Å². The summed E-state index contributed by atoms with van der Waals surface area (Å²) in [4.78, 5) is 21.0. The Labute approximate surface area is 156 Å². The van der Waals surface area contributed by atoms with Gasteiger partial charge in [0, 0.05) is 33.2 Å². The van der Waals surface area contributed by atoms with Gasteiger partial charge in [-0.1, -0.05) is 0 Å². The van der Waals surface area contributed by atoms with Crippen molar-refractivity contribution in [1.82, 2.24) is 9.88 Å². The predicted molar refractivity (Wildman–Crippen MR) is 105 cm³/mol. The van der Waals surface area contributed by atoms with Crippen LogP contribution in [0.15, 0.2) is 18.3 Å². The second kappa shape index (κ2) is 8.71. The number of carbonyl (C=O) groups excluding carboxylic acids is 1. The summed E-state index contributed by atoms with van der Waals surface area (Å²) in [6, 6.07) is 4.47. The number of amides is 1. The minimum atomic E-state index is -0.317. The molecule has 3 rings (SSSR count). The molecule has 1 aromatic rings. The van der Waals surface area contributed by atoms with E-state index in [1.165, 1.54) is 12.8 Å². The number of hydrogen-bond acceptors (Lipinski definition) is 5. The van der Waals surface area contributed by atoms with Gasteiger partial charge >= 0.3 is 0 Å². The van der Waals surface area contributed by atoms with Crippen LogP contribution >= 0.6 is 0 Å². The maximum atomic E-state index is 12.6. The third-order valence-corrected chi connectivity index (χ3v) is 5.24. The lowest BCUT2D eigenvalue weighted by Crippen LogP contribution is -2.40. The summed E-state index contributed by atoms with van der Waals surface area (Å²) in [5.74, 6) is 1.78. The molecule has 1 aliphatic carbocycles. The summed E-state index contributed by atoms with van der Waals surface area (Å²) >= 11 is 0. The average Bonchev–Trinajstić information content (AvgIpc) is 3.47. The molecule has 1 amide bonds. The Bertz CT molecular complexity index is 586. The Hall–Kier alpha value is -1.82. The lowest BCUT2D eigenvalue weighted by molar-refractivity contribution is -0.142. The van der Waals surface area contributed by atoms with Gasteiger partial charge in [-0.2, -0.15) is 0 Å². The van der Waals surface area contributed by atoms with Crippen LogP contribution in [-0.4, -0.2) is 61.7 Å². The fraction of sp³-hybridized carbons (Fsp3) is 0.700. The maximum Gasteiger partial charge on any atom is 0.251 e. The Morgan fingerprint density at radius 1 is 1.31 bits per heavy atom. The number of hydrogen-bond donors (Lipinski definition) is 1. The van der Waals surface area contributed by atoms with Gasteiger partial charge in [-0.25, -0.2) is 4.98 Å². The summed E-state index contributed by atoms with van der Waals surface area (Å²) in [5.41, 5.74) is 1.04. The predicted octanol–water partition coefficient (Wildman–Crippen LogP) is 2.76. The molecule has 6 nitrogen and oxygen atoms in total. The number of likely N-dealkylation sites (tertiary alicyclic amines) is 1. The number of aromatic nitrogens is 1. The second-order valence-electron chi connectivity index (χ2n) is 7.82. The highest BCUT2D eigenvalue weighted by Gasteiger charge is 2.27. The van der Waals surface area contributed by atoms with Crippen LogP contribution < -0.4 is 10.2 Å². The molecular formula is C20H32N4O2. The zero-order chi connectivity index (χ0) is 18.5. The molecule has 144 valence electrons. The van der Waals surface area contributed by atoms with Crippen LogP contribution in [0.3, 0.4) is 0 Å². The monoisotopic (exact) mass is 360 g/mol. The van der Waals surface area contributed by atoms with Gasteiger partial charge in [0.05, 0.1) is 18.5 Å². The highest BCUT2D eigenvalue weighted by Crippen LogP contribution is 2.29. The molecule has 2 aliphatic rings. The van der Waals surface area contributed by atoms with Crippen molar-refractivity contribution in [3.63, 3.8) is 0 Å². The Morgan fingerprint density at radius 2 is 2.12 bits per heavy atom. The molecule has 26 heavy (non-hydrogen) atoms. The van der Waals surface area contributed by atoms with Gasteiger partial charge in [-0.15, -0.1) is 0 Å². The van der Waals surface area contributed by atoms with Gasteiger partial charge in [0.15, 0.2) is 0 Å². The molecule has 1 aliphatic heterocycles. The molecule has 0 radical (unpaired) electrons. The van der Waals surface area contributed by atoms with E-state index >= 15 is 0 Å². The van der Waals surface area contributed by atoms with E-state index in [0.717, 1.165) is 50.5 Å². The first-order chi connectivity index (χ1) is 12.5. The number of ether oxygens (including phenoxy) is 1. The van der Waals surface area contributed by atoms with Crippen molar-refractivity contribution >= 4 is 17.4 Å². The molecule has 2 heterocycles. The van der Waals surface area contributed by atoms with Crippen molar-refractivity contribution in [2.75, 3.05) is 44.0 Å². The zero-order valence-corrected chi connectivity index (χ0v) is 16.3. The van der Waals surface area contributed by atoms with Crippen molar-refractivity contribution in [1.29, 1.82) is 0 Å². The summed E-state index contributed by atoms with van der Waals surface area (Å²) in [7, 11) is 3.98. The molecule has 1 saturated carbocycles. The third-order valence-electron chi connectivity index (χ3n) is 5.24. The van der Waals surface area contributed by atoms with Crippen molar-refractivity contribution in [3.05, 3.63) is 18.3 Å². The van der Waals surface area contributed by atoms with E-state index in [1.54, 1.807) is 0 Å². The molecule has 0 spiro atoms. The fourth-order valence-corrected chi connectivity index (χ4v) is 3.33. The van der Waals surface area contributed by atoms with Gasteiger partial charge in [0.1, 0.15) is 11.9 Å². The summed E-state index contributed by atoms with van der Waals surface area (Å²) in [6.45, 7) is 4.24. The standard InChI is InChI=1S/C20H32N4O2/c1-15(26-14-16-6-7-16)20(25)24-11-4-5-17(10-12-24)22-18-8-9-19(21-13-18)23(2)3/h8-9,13,15-17,22H,4-7,10-12,14H2,1-3H3/t15-,17-/m0/s1.